The number of rotatable bonds is 5. The molecule has 1 amide bonds. The lowest BCUT2D eigenvalue weighted by Crippen LogP contribution is -2.48. The van der Waals surface area contributed by atoms with E-state index < -0.39 is 0 Å². The SMILES string of the molecule is O=C(NCCOc1ccccc1F)[C@@]12CCCC[C@H]1CNC2. The van der Waals surface area contributed by atoms with Crippen LogP contribution < -0.4 is 15.4 Å². The molecule has 5 heteroatoms. The number of carbonyl (C=O) groups excluding carboxylic acids is 1. The summed E-state index contributed by atoms with van der Waals surface area (Å²) < 4.78 is 18.8. The second-order valence-electron chi connectivity index (χ2n) is 6.26. The normalized spacial score (nSPS) is 27.2. The lowest BCUT2D eigenvalue weighted by Gasteiger charge is -2.37. The average molecular weight is 306 g/mol. The number of hydrogen-bond acceptors (Lipinski definition) is 3. The molecule has 4 nitrogen and oxygen atoms in total. The van der Waals surface area contributed by atoms with Crippen molar-refractivity contribution < 1.29 is 13.9 Å². The van der Waals surface area contributed by atoms with Crippen molar-refractivity contribution in [2.24, 2.45) is 11.3 Å². The quantitative estimate of drug-likeness (QED) is 0.819. The predicted octanol–water partition coefficient (Wildman–Crippen LogP) is 2.10. The van der Waals surface area contributed by atoms with E-state index in [-0.39, 0.29) is 29.5 Å². The fourth-order valence-electron chi connectivity index (χ4n) is 3.75. The molecule has 0 radical (unpaired) electrons. The summed E-state index contributed by atoms with van der Waals surface area (Å²) in [5, 5.41) is 6.35. The fraction of sp³-hybridized carbons (Fsp3) is 0.588. The molecule has 1 saturated carbocycles. The third kappa shape index (κ3) is 2.95. The summed E-state index contributed by atoms with van der Waals surface area (Å²) in [4.78, 5) is 12.6. The van der Waals surface area contributed by atoms with Crippen molar-refractivity contribution in [3.8, 4) is 5.75 Å². The van der Waals surface area contributed by atoms with Gasteiger partial charge in [-0.3, -0.25) is 4.79 Å². The Labute approximate surface area is 130 Å². The Morgan fingerprint density at radius 2 is 2.27 bits per heavy atom. The van der Waals surface area contributed by atoms with Crippen LogP contribution in [0.5, 0.6) is 5.75 Å². The van der Waals surface area contributed by atoms with Crippen molar-refractivity contribution in [1.82, 2.24) is 10.6 Å². The van der Waals surface area contributed by atoms with Crippen molar-refractivity contribution in [2.75, 3.05) is 26.2 Å². The minimum atomic E-state index is -0.375. The van der Waals surface area contributed by atoms with Gasteiger partial charge >= 0.3 is 0 Å². The molecule has 0 bridgehead atoms. The highest BCUT2D eigenvalue weighted by molar-refractivity contribution is 5.83. The Morgan fingerprint density at radius 1 is 1.41 bits per heavy atom. The first-order chi connectivity index (χ1) is 10.7. The zero-order valence-corrected chi connectivity index (χ0v) is 12.7. The van der Waals surface area contributed by atoms with Crippen molar-refractivity contribution in [1.29, 1.82) is 0 Å². The van der Waals surface area contributed by atoms with Crippen LogP contribution >= 0.6 is 0 Å². The van der Waals surface area contributed by atoms with Crippen molar-refractivity contribution >= 4 is 5.91 Å². The highest BCUT2D eigenvalue weighted by Gasteiger charge is 2.49. The molecule has 2 fully saturated rings. The number of carbonyl (C=O) groups is 1. The van der Waals surface area contributed by atoms with Crippen LogP contribution in [-0.2, 0) is 4.79 Å². The van der Waals surface area contributed by atoms with Gasteiger partial charge in [-0.25, -0.2) is 4.39 Å². The highest BCUT2D eigenvalue weighted by Crippen LogP contribution is 2.43. The van der Waals surface area contributed by atoms with E-state index in [1.54, 1.807) is 18.2 Å². The van der Waals surface area contributed by atoms with Crippen LogP contribution in [0.2, 0.25) is 0 Å². The molecule has 1 aromatic rings. The standard InChI is InChI=1S/C17H23FN2O2/c18-14-6-1-2-7-15(14)22-10-9-20-16(21)17-8-4-3-5-13(17)11-19-12-17/h1-2,6-7,13,19H,3-5,8-12H2,(H,20,21)/t13-,17+/m0/s1. The molecule has 2 atom stereocenters. The number of ether oxygens (including phenoxy) is 1. The summed E-state index contributed by atoms with van der Waals surface area (Å²) in [6, 6.07) is 6.31. The van der Waals surface area contributed by atoms with Gasteiger partial charge in [0, 0.05) is 6.54 Å². The number of hydrogen-bond donors (Lipinski definition) is 2. The highest BCUT2D eigenvalue weighted by atomic mass is 19.1. The number of amides is 1. The molecule has 2 aliphatic rings. The first kappa shape index (κ1) is 15.3. The molecule has 1 aliphatic heterocycles. The molecule has 0 aromatic heterocycles. The topological polar surface area (TPSA) is 50.4 Å². The summed E-state index contributed by atoms with van der Waals surface area (Å²) in [5.74, 6) is 0.431. The van der Waals surface area contributed by atoms with Crippen molar-refractivity contribution in [3.63, 3.8) is 0 Å². The van der Waals surface area contributed by atoms with Gasteiger partial charge in [-0.15, -0.1) is 0 Å². The number of para-hydroxylation sites is 1. The number of nitrogens with one attached hydrogen (secondary N) is 2. The largest absolute Gasteiger partial charge is 0.489 e. The zero-order valence-electron chi connectivity index (χ0n) is 12.7. The second kappa shape index (κ2) is 6.65. The molecule has 1 saturated heterocycles. The molecule has 2 N–H and O–H groups in total. The maximum atomic E-state index is 13.4. The van der Waals surface area contributed by atoms with E-state index in [0.717, 1.165) is 32.4 Å². The first-order valence-electron chi connectivity index (χ1n) is 8.09. The molecule has 22 heavy (non-hydrogen) atoms. The second-order valence-corrected chi connectivity index (χ2v) is 6.26. The van der Waals surface area contributed by atoms with Gasteiger partial charge in [-0.05, 0) is 37.4 Å². The van der Waals surface area contributed by atoms with Gasteiger partial charge in [0.1, 0.15) is 6.61 Å². The van der Waals surface area contributed by atoms with Crippen molar-refractivity contribution in [2.45, 2.75) is 25.7 Å². The molecule has 1 aliphatic carbocycles. The minimum Gasteiger partial charge on any atom is -0.489 e. The van der Waals surface area contributed by atoms with Crippen LogP contribution in [0.4, 0.5) is 4.39 Å². The molecular formula is C17H23FN2O2. The van der Waals surface area contributed by atoms with E-state index >= 15 is 0 Å². The third-order valence-electron chi connectivity index (χ3n) is 4.97. The number of benzene rings is 1. The summed E-state index contributed by atoms with van der Waals surface area (Å²) in [6.45, 7) is 2.40. The third-order valence-corrected chi connectivity index (χ3v) is 4.97. The van der Waals surface area contributed by atoms with E-state index in [0.29, 0.717) is 12.5 Å². The summed E-state index contributed by atoms with van der Waals surface area (Å²) in [5.41, 5.74) is -0.240. The average Bonchev–Trinajstić information content (AvgIpc) is 2.98. The van der Waals surface area contributed by atoms with Crippen LogP contribution in [0.3, 0.4) is 0 Å². The lowest BCUT2D eigenvalue weighted by molar-refractivity contribution is -0.134. The minimum absolute atomic E-state index is 0.124. The van der Waals surface area contributed by atoms with Gasteiger partial charge in [0.25, 0.3) is 0 Å². The maximum absolute atomic E-state index is 13.4. The predicted molar refractivity (Wildman–Crippen MR) is 82.2 cm³/mol. The summed E-state index contributed by atoms with van der Waals surface area (Å²) in [7, 11) is 0. The Morgan fingerprint density at radius 3 is 3.14 bits per heavy atom. The van der Waals surface area contributed by atoms with Crippen LogP contribution in [0.1, 0.15) is 25.7 Å². The van der Waals surface area contributed by atoms with E-state index in [2.05, 4.69) is 10.6 Å². The number of halogens is 1. The van der Waals surface area contributed by atoms with E-state index in [4.69, 9.17) is 4.74 Å². The molecule has 0 spiro atoms. The molecule has 0 unspecified atom stereocenters. The lowest BCUT2D eigenvalue weighted by atomic mass is 9.67. The van der Waals surface area contributed by atoms with E-state index in [9.17, 15) is 9.18 Å². The summed E-state index contributed by atoms with van der Waals surface area (Å²) >= 11 is 0. The van der Waals surface area contributed by atoms with Gasteiger partial charge < -0.3 is 15.4 Å². The van der Waals surface area contributed by atoms with Crippen LogP contribution in [0.25, 0.3) is 0 Å². The summed E-state index contributed by atoms with van der Waals surface area (Å²) in [6.07, 6.45) is 4.44. The molecule has 120 valence electrons. The van der Waals surface area contributed by atoms with Gasteiger partial charge in [-0.2, -0.15) is 0 Å². The van der Waals surface area contributed by atoms with Gasteiger partial charge in [-0.1, -0.05) is 25.0 Å². The monoisotopic (exact) mass is 306 g/mol. The maximum Gasteiger partial charge on any atom is 0.227 e. The zero-order chi connectivity index (χ0) is 15.4. The van der Waals surface area contributed by atoms with Gasteiger partial charge in [0.05, 0.1) is 12.0 Å². The fourth-order valence-corrected chi connectivity index (χ4v) is 3.75. The molecular weight excluding hydrogens is 283 g/mol. The Kier molecular flexibility index (Phi) is 4.62. The van der Waals surface area contributed by atoms with Crippen LogP contribution in [-0.4, -0.2) is 32.1 Å². The van der Waals surface area contributed by atoms with Crippen LogP contribution in [0.15, 0.2) is 24.3 Å². The van der Waals surface area contributed by atoms with E-state index in [1.165, 1.54) is 12.5 Å². The van der Waals surface area contributed by atoms with Gasteiger partial charge in [0.15, 0.2) is 11.6 Å². The smallest absolute Gasteiger partial charge is 0.227 e. The Hall–Kier alpha value is -1.62. The van der Waals surface area contributed by atoms with Crippen LogP contribution in [0, 0.1) is 17.2 Å². The molecule has 1 heterocycles. The Bertz CT molecular complexity index is 537. The Balaban J connectivity index is 1.49. The molecule has 1 aromatic carbocycles. The van der Waals surface area contributed by atoms with Crippen molar-refractivity contribution in [3.05, 3.63) is 30.1 Å². The number of fused-ring (bicyclic) bond motifs is 1. The van der Waals surface area contributed by atoms with E-state index in [1.807, 2.05) is 0 Å². The van der Waals surface area contributed by atoms with Gasteiger partial charge in [0.2, 0.25) is 5.91 Å². The molecule has 3 rings (SSSR count). The first-order valence-corrected chi connectivity index (χ1v) is 8.09.